The third-order valence-electron chi connectivity index (χ3n) is 6.77. The minimum absolute atomic E-state index is 0.0110. The third kappa shape index (κ3) is 5.14. The number of ether oxygens (including phenoxy) is 1. The Hall–Kier alpha value is -1.45. The van der Waals surface area contributed by atoms with Gasteiger partial charge in [0.15, 0.2) is 5.82 Å². The number of aromatic nitrogens is 3. The summed E-state index contributed by atoms with van der Waals surface area (Å²) in [6, 6.07) is 0.0146. The summed E-state index contributed by atoms with van der Waals surface area (Å²) in [7, 11) is 0. The van der Waals surface area contributed by atoms with E-state index in [-0.39, 0.29) is 35.3 Å². The van der Waals surface area contributed by atoms with Gasteiger partial charge in [-0.3, -0.25) is 4.79 Å². The number of nitrogens with two attached hydrogens (primary N) is 1. The summed E-state index contributed by atoms with van der Waals surface area (Å²) < 4.78 is 7.65. The van der Waals surface area contributed by atoms with Gasteiger partial charge in [0.1, 0.15) is 6.61 Å². The Bertz CT molecular complexity index is 826. The fourth-order valence-electron chi connectivity index (χ4n) is 3.84. The van der Waals surface area contributed by atoms with Crippen LogP contribution in [-0.2, 0) is 14.9 Å². The molecule has 1 amide bonds. The minimum Gasteiger partial charge on any atom is -0.367 e. The molecule has 0 saturated heterocycles. The number of carbonyl (C=O) groups excluding carboxylic acids is 1. The topological polar surface area (TPSA) is 107 Å². The van der Waals surface area contributed by atoms with Crippen molar-refractivity contribution in [2.75, 3.05) is 6.61 Å². The lowest BCUT2D eigenvalue weighted by atomic mass is 9.73. The molecule has 1 aromatic rings. The molecule has 0 aromatic carbocycles. The van der Waals surface area contributed by atoms with Gasteiger partial charge in [0.25, 0.3) is 0 Å². The number of rotatable bonds is 6. The maximum Gasteiger partial charge on any atom is 0.246 e. The fourth-order valence-corrected chi connectivity index (χ4v) is 4.86. The smallest absolute Gasteiger partial charge is 0.246 e. The highest BCUT2D eigenvalue weighted by Crippen LogP contribution is 2.40. The van der Waals surface area contributed by atoms with Crippen molar-refractivity contribution in [2.24, 2.45) is 16.3 Å². The molecule has 1 fully saturated rings. The van der Waals surface area contributed by atoms with Crippen molar-refractivity contribution >= 4 is 23.9 Å². The molecule has 3 rings (SSSR count). The quantitative estimate of drug-likeness (QED) is 0.690. The molecule has 1 aromatic heterocycles. The van der Waals surface area contributed by atoms with Gasteiger partial charge in [-0.2, -0.15) is 9.78 Å². The van der Waals surface area contributed by atoms with Gasteiger partial charge >= 0.3 is 0 Å². The largest absolute Gasteiger partial charge is 0.367 e. The Labute approximate surface area is 190 Å². The van der Waals surface area contributed by atoms with E-state index in [2.05, 4.69) is 55.2 Å². The Balaban J connectivity index is 1.68. The molecule has 9 heteroatoms. The molecular formula is C22H38N6O2S. The molecule has 1 aliphatic heterocycles. The van der Waals surface area contributed by atoms with Crippen molar-refractivity contribution < 1.29 is 9.53 Å². The van der Waals surface area contributed by atoms with E-state index in [1.54, 1.807) is 16.4 Å². The normalized spacial score (nSPS) is 24.7. The molecule has 2 heterocycles. The molecule has 3 unspecified atom stereocenters. The summed E-state index contributed by atoms with van der Waals surface area (Å²) >= 11 is 1.67. The number of hydrogen-bond acceptors (Lipinski definition) is 7. The van der Waals surface area contributed by atoms with Crippen molar-refractivity contribution in [2.45, 2.75) is 108 Å². The van der Waals surface area contributed by atoms with E-state index in [9.17, 15) is 4.79 Å². The van der Waals surface area contributed by atoms with Gasteiger partial charge in [0.05, 0.1) is 11.4 Å². The van der Waals surface area contributed by atoms with Gasteiger partial charge in [-0.15, -0.1) is 10.2 Å². The molecule has 0 bridgehead atoms. The van der Waals surface area contributed by atoms with Gasteiger partial charge < -0.3 is 15.8 Å². The highest BCUT2D eigenvalue weighted by Gasteiger charge is 2.45. The Kier molecular flexibility index (Phi) is 6.89. The zero-order valence-electron chi connectivity index (χ0n) is 19.9. The van der Waals surface area contributed by atoms with E-state index in [1.165, 1.54) is 0 Å². The number of fused-ring (bicyclic) bond motifs is 1. The molecule has 31 heavy (non-hydrogen) atoms. The third-order valence-corrected chi connectivity index (χ3v) is 8.32. The maximum atomic E-state index is 12.7. The lowest BCUT2D eigenvalue weighted by Gasteiger charge is -2.41. The SMILES string of the molecule is CC(C)(C)C1C=Nn2c(nnc2C(C)(C)C(C)(C)NC(=O)COC2CCCCC2N)S1. The number of nitrogens with zero attached hydrogens (tertiary/aromatic N) is 4. The van der Waals surface area contributed by atoms with Gasteiger partial charge in [-0.1, -0.05) is 59.2 Å². The van der Waals surface area contributed by atoms with Crippen LogP contribution in [0.4, 0.5) is 0 Å². The highest BCUT2D eigenvalue weighted by atomic mass is 32.2. The van der Waals surface area contributed by atoms with Crippen LogP contribution in [0.2, 0.25) is 0 Å². The Morgan fingerprint density at radius 2 is 1.87 bits per heavy atom. The number of nitrogens with one attached hydrogen (secondary N) is 1. The molecule has 174 valence electrons. The van der Waals surface area contributed by atoms with Crippen LogP contribution in [0.5, 0.6) is 0 Å². The molecule has 8 nitrogen and oxygen atoms in total. The monoisotopic (exact) mass is 450 g/mol. The van der Waals surface area contributed by atoms with E-state index in [0.29, 0.717) is 0 Å². The average Bonchev–Trinajstić information content (AvgIpc) is 3.10. The average molecular weight is 451 g/mol. The first-order chi connectivity index (χ1) is 14.3. The summed E-state index contributed by atoms with van der Waals surface area (Å²) in [5, 5.41) is 17.7. The highest BCUT2D eigenvalue weighted by molar-refractivity contribution is 8.00. The number of amides is 1. The minimum atomic E-state index is -0.604. The van der Waals surface area contributed by atoms with Crippen LogP contribution >= 0.6 is 11.8 Å². The summed E-state index contributed by atoms with van der Waals surface area (Å²) in [5.41, 5.74) is 5.09. The molecule has 3 atom stereocenters. The predicted molar refractivity (Wildman–Crippen MR) is 124 cm³/mol. The number of carbonyl (C=O) groups is 1. The van der Waals surface area contributed by atoms with E-state index < -0.39 is 11.0 Å². The van der Waals surface area contributed by atoms with Crippen LogP contribution in [0.1, 0.15) is 80.0 Å². The zero-order valence-corrected chi connectivity index (χ0v) is 20.8. The first kappa shape index (κ1) is 24.2. The van der Waals surface area contributed by atoms with Crippen molar-refractivity contribution in [3.05, 3.63) is 5.82 Å². The molecular weight excluding hydrogens is 412 g/mol. The van der Waals surface area contributed by atoms with Gasteiger partial charge in [0.2, 0.25) is 11.1 Å². The molecule has 3 N–H and O–H groups in total. The molecule has 1 saturated carbocycles. The summed E-state index contributed by atoms with van der Waals surface area (Å²) in [6.07, 6.45) is 6.03. The van der Waals surface area contributed by atoms with Crippen LogP contribution in [0.15, 0.2) is 10.3 Å². The van der Waals surface area contributed by atoms with Crippen molar-refractivity contribution in [3.63, 3.8) is 0 Å². The molecule has 0 radical (unpaired) electrons. The summed E-state index contributed by atoms with van der Waals surface area (Å²) in [6.45, 7) is 14.7. The van der Waals surface area contributed by atoms with Crippen molar-refractivity contribution in [3.8, 4) is 0 Å². The number of hydrogen-bond donors (Lipinski definition) is 2. The van der Waals surface area contributed by atoms with Gasteiger partial charge in [0, 0.05) is 23.2 Å². The second kappa shape index (κ2) is 8.83. The molecule has 0 spiro atoms. The fraction of sp³-hybridized carbons (Fsp3) is 0.818. The molecule has 1 aliphatic carbocycles. The first-order valence-electron chi connectivity index (χ1n) is 11.2. The number of thioether (sulfide) groups is 1. The Morgan fingerprint density at radius 1 is 1.19 bits per heavy atom. The zero-order chi connectivity index (χ0) is 23.0. The van der Waals surface area contributed by atoms with E-state index in [4.69, 9.17) is 10.5 Å². The van der Waals surface area contributed by atoms with Crippen LogP contribution in [0.3, 0.4) is 0 Å². The second-order valence-electron chi connectivity index (χ2n) is 10.9. The standard InChI is InChI=1S/C22H38N6O2S/c1-20(2,3)16-12-24-28-18(26-27-19(28)31-16)21(4,5)22(6,7)25-17(29)13-30-15-11-9-8-10-14(15)23/h12,14-16H,8-11,13,23H2,1-7H3,(H,25,29). The second-order valence-corrected chi connectivity index (χ2v) is 12.0. The van der Waals surface area contributed by atoms with Crippen molar-refractivity contribution in [1.29, 1.82) is 0 Å². The van der Waals surface area contributed by atoms with Crippen molar-refractivity contribution in [1.82, 2.24) is 20.2 Å². The van der Waals surface area contributed by atoms with E-state index >= 15 is 0 Å². The lowest BCUT2D eigenvalue weighted by molar-refractivity contribution is -0.131. The van der Waals surface area contributed by atoms with Gasteiger partial charge in [-0.25, -0.2) is 0 Å². The summed E-state index contributed by atoms with van der Waals surface area (Å²) in [4.78, 5) is 12.7. The van der Waals surface area contributed by atoms with Crippen LogP contribution in [0, 0.1) is 5.41 Å². The van der Waals surface area contributed by atoms with E-state index in [1.807, 2.05) is 20.1 Å². The van der Waals surface area contributed by atoms with Crippen LogP contribution < -0.4 is 11.1 Å². The van der Waals surface area contributed by atoms with Gasteiger partial charge in [-0.05, 0) is 32.1 Å². The van der Waals surface area contributed by atoms with E-state index in [0.717, 1.165) is 36.7 Å². The van der Waals surface area contributed by atoms with Crippen LogP contribution in [-0.4, -0.2) is 56.5 Å². The molecule has 2 aliphatic rings. The maximum absolute atomic E-state index is 12.7. The van der Waals surface area contributed by atoms with Crippen LogP contribution in [0.25, 0.3) is 0 Å². The lowest BCUT2D eigenvalue weighted by Crippen LogP contribution is -2.57. The predicted octanol–water partition coefficient (Wildman–Crippen LogP) is 3.09. The summed E-state index contributed by atoms with van der Waals surface area (Å²) in [5.74, 6) is 0.569. The first-order valence-corrected chi connectivity index (χ1v) is 12.1. The Morgan fingerprint density at radius 3 is 2.52 bits per heavy atom.